The third-order valence-corrected chi connectivity index (χ3v) is 5.59. The maximum atomic E-state index is 12.8. The zero-order valence-corrected chi connectivity index (χ0v) is 16.5. The minimum atomic E-state index is 0.134. The Morgan fingerprint density at radius 3 is 2.81 bits per heavy atom. The van der Waals surface area contributed by atoms with Gasteiger partial charge in [0.2, 0.25) is 5.91 Å². The topological polar surface area (TPSA) is 58.6 Å². The van der Waals surface area contributed by atoms with Crippen LogP contribution in [0.1, 0.15) is 52.0 Å². The van der Waals surface area contributed by atoms with E-state index in [1.54, 1.807) is 0 Å². The van der Waals surface area contributed by atoms with Gasteiger partial charge in [0.05, 0.1) is 6.61 Å². The van der Waals surface area contributed by atoms with Gasteiger partial charge in [-0.3, -0.25) is 4.79 Å². The van der Waals surface area contributed by atoms with Gasteiger partial charge < -0.3 is 15.2 Å². The van der Waals surface area contributed by atoms with E-state index in [2.05, 4.69) is 26.1 Å². The number of ether oxygens (including phenoxy) is 1. The van der Waals surface area contributed by atoms with Crippen LogP contribution in [0.3, 0.4) is 0 Å². The smallest absolute Gasteiger partial charge is 0.223 e. The predicted octanol–water partition coefficient (Wildman–Crippen LogP) is 3.81. The monoisotopic (exact) mass is 361 g/mol. The van der Waals surface area contributed by atoms with Crippen LogP contribution in [0.15, 0.2) is 24.3 Å². The van der Waals surface area contributed by atoms with E-state index < -0.39 is 0 Å². The molecule has 0 aliphatic heterocycles. The van der Waals surface area contributed by atoms with E-state index >= 15 is 0 Å². The molecule has 146 valence electrons. The van der Waals surface area contributed by atoms with Crippen LogP contribution in [0.25, 0.3) is 0 Å². The molecule has 0 saturated heterocycles. The Bertz CT molecular complexity index is 558. The first kappa shape index (κ1) is 20.8. The Balaban J connectivity index is 1.87. The molecule has 2 N–H and O–H groups in total. The second-order valence-electron chi connectivity index (χ2n) is 8.01. The minimum Gasteiger partial charge on any atom is -0.493 e. The number of amides is 1. The summed E-state index contributed by atoms with van der Waals surface area (Å²) in [6, 6.07) is 7.94. The van der Waals surface area contributed by atoms with Gasteiger partial charge >= 0.3 is 0 Å². The van der Waals surface area contributed by atoms with Gasteiger partial charge in [-0.15, -0.1) is 0 Å². The van der Waals surface area contributed by atoms with Crippen molar-refractivity contribution in [2.75, 3.05) is 19.8 Å². The van der Waals surface area contributed by atoms with Crippen LogP contribution < -0.4 is 10.1 Å². The molecule has 0 spiro atoms. The molecule has 26 heavy (non-hydrogen) atoms. The van der Waals surface area contributed by atoms with E-state index in [4.69, 9.17) is 9.84 Å². The standard InChI is InChI=1S/C22H35NO3/c1-16(2)19-10-9-17(3)15-20(19)22(25)23-12-11-18-7-4-5-8-21(18)26-14-6-13-24/h4-5,7-8,16-17,19-20,24H,6,9-15H2,1-3H3,(H,23,25)/t17?,19-,20+/m0/s1. The molecule has 1 aliphatic carbocycles. The molecule has 1 unspecified atom stereocenters. The molecule has 1 aromatic carbocycles. The average Bonchev–Trinajstić information content (AvgIpc) is 2.62. The summed E-state index contributed by atoms with van der Waals surface area (Å²) in [5.41, 5.74) is 1.10. The molecule has 1 amide bonds. The van der Waals surface area contributed by atoms with Crippen LogP contribution in [0, 0.1) is 23.7 Å². The summed E-state index contributed by atoms with van der Waals surface area (Å²) >= 11 is 0. The van der Waals surface area contributed by atoms with Crippen LogP contribution in [-0.4, -0.2) is 30.8 Å². The third kappa shape index (κ3) is 6.01. The molecule has 2 rings (SSSR count). The van der Waals surface area contributed by atoms with Gasteiger partial charge in [-0.2, -0.15) is 0 Å². The SMILES string of the molecule is CC1CC[C@@H](C(C)C)[C@H](C(=O)NCCc2ccccc2OCCCO)C1. The van der Waals surface area contributed by atoms with Crippen molar-refractivity contribution in [1.29, 1.82) is 0 Å². The van der Waals surface area contributed by atoms with Crippen molar-refractivity contribution in [1.82, 2.24) is 5.32 Å². The molecule has 1 fully saturated rings. The maximum Gasteiger partial charge on any atom is 0.223 e. The first-order valence-electron chi connectivity index (χ1n) is 10.1. The lowest BCUT2D eigenvalue weighted by Crippen LogP contribution is -2.40. The number of carbonyl (C=O) groups excluding carboxylic acids is 1. The molecule has 1 aromatic rings. The highest BCUT2D eigenvalue weighted by Gasteiger charge is 2.35. The van der Waals surface area contributed by atoms with Crippen molar-refractivity contribution in [3.63, 3.8) is 0 Å². The molecule has 4 heteroatoms. The molecule has 4 nitrogen and oxygen atoms in total. The zero-order valence-electron chi connectivity index (χ0n) is 16.5. The first-order chi connectivity index (χ1) is 12.5. The lowest BCUT2D eigenvalue weighted by atomic mass is 9.70. The molecule has 1 aliphatic rings. The molecule has 0 aromatic heterocycles. The number of hydrogen-bond acceptors (Lipinski definition) is 3. The quantitative estimate of drug-likeness (QED) is 0.658. The fourth-order valence-corrected chi connectivity index (χ4v) is 4.05. The lowest BCUT2D eigenvalue weighted by molar-refractivity contribution is -0.129. The van der Waals surface area contributed by atoms with Gasteiger partial charge in [-0.05, 0) is 48.6 Å². The molecular formula is C22H35NO3. The van der Waals surface area contributed by atoms with Gasteiger partial charge in [0.25, 0.3) is 0 Å². The summed E-state index contributed by atoms with van der Waals surface area (Å²) in [4.78, 5) is 12.8. The van der Waals surface area contributed by atoms with E-state index in [1.165, 1.54) is 12.8 Å². The van der Waals surface area contributed by atoms with Crippen molar-refractivity contribution in [3.05, 3.63) is 29.8 Å². The van der Waals surface area contributed by atoms with Gasteiger partial charge in [0.1, 0.15) is 5.75 Å². The normalized spacial score (nSPS) is 23.0. The Morgan fingerprint density at radius 1 is 1.31 bits per heavy atom. The molecular weight excluding hydrogens is 326 g/mol. The molecule has 0 bridgehead atoms. The summed E-state index contributed by atoms with van der Waals surface area (Å²) in [7, 11) is 0. The molecule has 0 radical (unpaired) electrons. The Hall–Kier alpha value is -1.55. The van der Waals surface area contributed by atoms with Crippen LogP contribution in [0.4, 0.5) is 0 Å². The van der Waals surface area contributed by atoms with Gasteiger partial charge in [0, 0.05) is 25.5 Å². The van der Waals surface area contributed by atoms with Gasteiger partial charge in [-0.1, -0.05) is 45.4 Å². The van der Waals surface area contributed by atoms with Crippen molar-refractivity contribution in [2.45, 2.75) is 52.9 Å². The van der Waals surface area contributed by atoms with E-state index in [9.17, 15) is 4.79 Å². The van der Waals surface area contributed by atoms with E-state index in [1.807, 2.05) is 24.3 Å². The fourth-order valence-electron chi connectivity index (χ4n) is 4.05. The summed E-state index contributed by atoms with van der Waals surface area (Å²) in [5, 5.41) is 12.1. The van der Waals surface area contributed by atoms with Crippen LogP contribution >= 0.6 is 0 Å². The summed E-state index contributed by atoms with van der Waals surface area (Å²) < 4.78 is 5.74. The number of aliphatic hydroxyl groups is 1. The number of carbonyl (C=O) groups is 1. The largest absolute Gasteiger partial charge is 0.493 e. The number of aliphatic hydroxyl groups excluding tert-OH is 1. The first-order valence-corrected chi connectivity index (χ1v) is 10.1. The number of hydrogen-bond donors (Lipinski definition) is 2. The predicted molar refractivity (Wildman–Crippen MR) is 105 cm³/mol. The lowest BCUT2D eigenvalue weighted by Gasteiger charge is -2.36. The zero-order chi connectivity index (χ0) is 18.9. The Morgan fingerprint density at radius 2 is 2.08 bits per heavy atom. The highest BCUT2D eigenvalue weighted by Crippen LogP contribution is 2.38. The Labute approximate surface area is 158 Å². The fraction of sp³-hybridized carbons (Fsp3) is 0.682. The van der Waals surface area contributed by atoms with Gasteiger partial charge in [0.15, 0.2) is 0 Å². The van der Waals surface area contributed by atoms with Crippen molar-refractivity contribution in [3.8, 4) is 5.75 Å². The highest BCUT2D eigenvalue weighted by molar-refractivity contribution is 5.79. The Kier molecular flexibility index (Phi) is 8.43. The second-order valence-corrected chi connectivity index (χ2v) is 8.01. The molecule has 0 heterocycles. The van der Waals surface area contributed by atoms with Gasteiger partial charge in [-0.25, -0.2) is 0 Å². The second kappa shape index (κ2) is 10.6. The highest BCUT2D eigenvalue weighted by atomic mass is 16.5. The molecule has 3 atom stereocenters. The average molecular weight is 362 g/mol. The number of benzene rings is 1. The van der Waals surface area contributed by atoms with Crippen LogP contribution in [0.2, 0.25) is 0 Å². The summed E-state index contributed by atoms with van der Waals surface area (Å²) in [5.74, 6) is 2.91. The van der Waals surface area contributed by atoms with E-state index in [0.29, 0.717) is 37.3 Å². The van der Waals surface area contributed by atoms with E-state index in [-0.39, 0.29) is 18.4 Å². The maximum absolute atomic E-state index is 12.8. The van der Waals surface area contributed by atoms with Crippen LogP contribution in [-0.2, 0) is 11.2 Å². The van der Waals surface area contributed by atoms with E-state index in [0.717, 1.165) is 24.2 Å². The summed E-state index contributed by atoms with van der Waals surface area (Å²) in [6.45, 7) is 8.01. The van der Waals surface area contributed by atoms with Crippen molar-refractivity contribution in [2.24, 2.45) is 23.7 Å². The number of para-hydroxylation sites is 1. The van der Waals surface area contributed by atoms with Crippen LogP contribution in [0.5, 0.6) is 5.75 Å². The third-order valence-electron chi connectivity index (χ3n) is 5.59. The van der Waals surface area contributed by atoms with Crippen molar-refractivity contribution >= 4 is 5.91 Å². The minimum absolute atomic E-state index is 0.134. The summed E-state index contributed by atoms with van der Waals surface area (Å²) in [6.07, 6.45) is 4.80. The number of rotatable bonds is 9. The van der Waals surface area contributed by atoms with Crippen molar-refractivity contribution < 1.29 is 14.6 Å². The molecule has 1 saturated carbocycles. The number of nitrogens with one attached hydrogen (secondary N) is 1.